The number of rotatable bonds is 4. The van der Waals surface area contributed by atoms with E-state index in [2.05, 4.69) is 35.3 Å². The Kier molecular flexibility index (Phi) is 3.74. The molecule has 4 rings (SSSR count). The van der Waals surface area contributed by atoms with Crippen LogP contribution in [0.4, 0.5) is 0 Å². The van der Waals surface area contributed by atoms with Crippen LogP contribution in [0.3, 0.4) is 0 Å². The summed E-state index contributed by atoms with van der Waals surface area (Å²) in [5, 5.41) is 14.2. The molecule has 6 heteroatoms. The van der Waals surface area contributed by atoms with Crippen molar-refractivity contribution in [2.24, 2.45) is 0 Å². The Labute approximate surface area is 143 Å². The number of aromatic nitrogens is 4. The number of benzene rings is 2. The lowest BCUT2D eigenvalue weighted by Gasteiger charge is -2.04. The molecular formula is C18H16N4OS. The zero-order valence-corrected chi connectivity index (χ0v) is 14.2. The molecule has 0 aliphatic rings. The summed E-state index contributed by atoms with van der Waals surface area (Å²) in [5.74, 6) is 1.54. The van der Waals surface area contributed by atoms with Gasteiger partial charge in [0, 0.05) is 11.1 Å². The first-order chi connectivity index (χ1) is 11.7. The molecule has 0 spiro atoms. The molecule has 0 bridgehead atoms. The predicted octanol–water partition coefficient (Wildman–Crippen LogP) is 4.23. The Hall–Kier alpha value is -2.73. The second kappa shape index (κ2) is 6.05. The average Bonchev–Trinajstić information content (AvgIpc) is 3.16. The van der Waals surface area contributed by atoms with Gasteiger partial charge in [0.1, 0.15) is 10.8 Å². The van der Waals surface area contributed by atoms with Crippen LogP contribution in [-0.4, -0.2) is 26.4 Å². The standard InChI is InChI=1S/C18H16N4OS/c1-3-23-15-9-5-7-13(11-15)16-19-20-18-22(16)21-17(24-18)14-8-4-6-12(2)10-14/h4-11H,3H2,1-2H3. The van der Waals surface area contributed by atoms with Crippen LogP contribution >= 0.6 is 11.3 Å². The summed E-state index contributed by atoms with van der Waals surface area (Å²) in [6, 6.07) is 16.2. The fourth-order valence-electron chi connectivity index (χ4n) is 2.58. The molecule has 2 aromatic carbocycles. The van der Waals surface area contributed by atoms with Crippen molar-refractivity contribution < 1.29 is 4.74 Å². The van der Waals surface area contributed by atoms with Crippen molar-refractivity contribution in [3.63, 3.8) is 0 Å². The lowest BCUT2D eigenvalue weighted by molar-refractivity contribution is 0.340. The Morgan fingerprint density at radius 3 is 2.71 bits per heavy atom. The van der Waals surface area contributed by atoms with Crippen molar-refractivity contribution in [2.45, 2.75) is 13.8 Å². The highest BCUT2D eigenvalue weighted by molar-refractivity contribution is 7.19. The minimum atomic E-state index is 0.632. The summed E-state index contributed by atoms with van der Waals surface area (Å²) in [6.07, 6.45) is 0. The van der Waals surface area contributed by atoms with Gasteiger partial charge in [0.2, 0.25) is 4.96 Å². The molecule has 0 aliphatic heterocycles. The predicted molar refractivity (Wildman–Crippen MR) is 95.4 cm³/mol. The van der Waals surface area contributed by atoms with Crippen LogP contribution in [0.1, 0.15) is 12.5 Å². The number of ether oxygens (including phenoxy) is 1. The van der Waals surface area contributed by atoms with Crippen molar-refractivity contribution >= 4 is 16.3 Å². The van der Waals surface area contributed by atoms with Crippen molar-refractivity contribution in [3.05, 3.63) is 54.1 Å². The van der Waals surface area contributed by atoms with Gasteiger partial charge < -0.3 is 4.74 Å². The van der Waals surface area contributed by atoms with E-state index in [-0.39, 0.29) is 0 Å². The molecule has 0 aliphatic carbocycles. The van der Waals surface area contributed by atoms with Gasteiger partial charge in [-0.1, -0.05) is 47.2 Å². The number of hydrogen-bond acceptors (Lipinski definition) is 5. The molecule has 0 N–H and O–H groups in total. The van der Waals surface area contributed by atoms with Gasteiger partial charge in [0.05, 0.1) is 6.61 Å². The van der Waals surface area contributed by atoms with E-state index < -0.39 is 0 Å². The Morgan fingerprint density at radius 1 is 1.04 bits per heavy atom. The second-order valence-electron chi connectivity index (χ2n) is 5.46. The third-order valence-electron chi connectivity index (χ3n) is 3.66. The molecule has 2 heterocycles. The van der Waals surface area contributed by atoms with Gasteiger partial charge in [-0.15, -0.1) is 10.2 Å². The molecule has 120 valence electrons. The maximum atomic E-state index is 5.57. The van der Waals surface area contributed by atoms with Crippen molar-refractivity contribution in [1.82, 2.24) is 19.8 Å². The van der Waals surface area contributed by atoms with Gasteiger partial charge in [0.15, 0.2) is 5.82 Å². The first-order valence-electron chi connectivity index (χ1n) is 7.77. The molecule has 0 amide bonds. The summed E-state index contributed by atoms with van der Waals surface area (Å²) < 4.78 is 7.37. The van der Waals surface area contributed by atoms with E-state index in [0.29, 0.717) is 6.61 Å². The normalized spacial score (nSPS) is 11.1. The highest BCUT2D eigenvalue weighted by Crippen LogP contribution is 2.29. The number of aryl methyl sites for hydroxylation is 1. The first-order valence-corrected chi connectivity index (χ1v) is 8.59. The van der Waals surface area contributed by atoms with Gasteiger partial charge >= 0.3 is 0 Å². The zero-order valence-electron chi connectivity index (χ0n) is 13.4. The van der Waals surface area contributed by atoms with E-state index in [1.165, 1.54) is 16.9 Å². The summed E-state index contributed by atoms with van der Waals surface area (Å²) >= 11 is 1.54. The van der Waals surface area contributed by atoms with Crippen molar-refractivity contribution in [3.8, 4) is 27.7 Å². The number of nitrogens with zero attached hydrogens (tertiary/aromatic N) is 4. The number of hydrogen-bond donors (Lipinski definition) is 0. The van der Waals surface area contributed by atoms with Gasteiger partial charge in [-0.25, -0.2) is 0 Å². The van der Waals surface area contributed by atoms with Crippen LogP contribution in [-0.2, 0) is 0 Å². The zero-order chi connectivity index (χ0) is 16.5. The molecule has 0 atom stereocenters. The van der Waals surface area contributed by atoms with Crippen molar-refractivity contribution in [2.75, 3.05) is 6.61 Å². The van der Waals surface area contributed by atoms with Gasteiger partial charge in [-0.3, -0.25) is 0 Å². The van der Waals surface area contributed by atoms with E-state index in [1.54, 1.807) is 4.52 Å². The van der Waals surface area contributed by atoms with Crippen molar-refractivity contribution in [1.29, 1.82) is 0 Å². The van der Waals surface area contributed by atoms with Crippen LogP contribution in [0.25, 0.3) is 26.9 Å². The first kappa shape index (κ1) is 14.8. The maximum absolute atomic E-state index is 5.57. The molecule has 0 saturated heterocycles. The summed E-state index contributed by atoms with van der Waals surface area (Å²) in [6.45, 7) is 4.68. The largest absolute Gasteiger partial charge is 0.494 e. The van der Waals surface area contributed by atoms with Gasteiger partial charge in [0.25, 0.3) is 0 Å². The average molecular weight is 336 g/mol. The van der Waals surface area contributed by atoms with E-state index in [9.17, 15) is 0 Å². The van der Waals surface area contributed by atoms with Gasteiger partial charge in [-0.2, -0.15) is 9.61 Å². The van der Waals surface area contributed by atoms with Crippen LogP contribution in [0.5, 0.6) is 5.75 Å². The van der Waals surface area contributed by atoms with Crippen LogP contribution in [0, 0.1) is 6.92 Å². The molecule has 0 radical (unpaired) electrons. The molecule has 4 aromatic rings. The monoisotopic (exact) mass is 336 g/mol. The summed E-state index contributed by atoms with van der Waals surface area (Å²) in [4.78, 5) is 0.781. The van der Waals surface area contributed by atoms with Crippen LogP contribution in [0.2, 0.25) is 0 Å². The SMILES string of the molecule is CCOc1cccc(-c2nnc3sc(-c4cccc(C)c4)nn23)c1. The molecule has 0 unspecified atom stereocenters. The highest BCUT2D eigenvalue weighted by atomic mass is 32.1. The molecule has 2 aromatic heterocycles. The highest BCUT2D eigenvalue weighted by Gasteiger charge is 2.15. The van der Waals surface area contributed by atoms with Gasteiger partial charge in [-0.05, 0) is 32.0 Å². The van der Waals surface area contributed by atoms with E-state index in [1.807, 2.05) is 37.3 Å². The van der Waals surface area contributed by atoms with E-state index in [4.69, 9.17) is 9.84 Å². The topological polar surface area (TPSA) is 52.3 Å². The molecule has 24 heavy (non-hydrogen) atoms. The lowest BCUT2D eigenvalue weighted by Crippen LogP contribution is -1.94. The summed E-state index contributed by atoms with van der Waals surface area (Å²) in [7, 11) is 0. The Morgan fingerprint density at radius 2 is 1.88 bits per heavy atom. The fourth-order valence-corrected chi connectivity index (χ4v) is 3.42. The molecule has 5 nitrogen and oxygen atoms in total. The maximum Gasteiger partial charge on any atom is 0.235 e. The van der Waals surface area contributed by atoms with E-state index in [0.717, 1.165) is 32.7 Å². The third-order valence-corrected chi connectivity index (χ3v) is 4.61. The number of fused-ring (bicyclic) bond motifs is 1. The Bertz CT molecular complexity index is 1010. The quantitative estimate of drug-likeness (QED) is 0.560. The summed E-state index contributed by atoms with van der Waals surface area (Å²) in [5.41, 5.74) is 3.25. The second-order valence-corrected chi connectivity index (χ2v) is 6.41. The smallest absolute Gasteiger partial charge is 0.235 e. The van der Waals surface area contributed by atoms with E-state index >= 15 is 0 Å². The molecular weight excluding hydrogens is 320 g/mol. The minimum absolute atomic E-state index is 0.632. The lowest BCUT2D eigenvalue weighted by atomic mass is 10.1. The molecule has 0 fully saturated rings. The molecule has 0 saturated carbocycles. The van der Waals surface area contributed by atoms with Crippen LogP contribution < -0.4 is 4.74 Å². The van der Waals surface area contributed by atoms with Crippen LogP contribution in [0.15, 0.2) is 48.5 Å². The third kappa shape index (κ3) is 2.65. The minimum Gasteiger partial charge on any atom is -0.494 e. The Balaban J connectivity index is 1.79. The fraction of sp³-hybridized carbons (Fsp3) is 0.167.